The molecular formula is C11H11N5O2. The number of rotatable bonds is 3. The molecule has 2 aromatic rings. The van der Waals surface area contributed by atoms with Crippen molar-refractivity contribution in [3.05, 3.63) is 35.7 Å². The van der Waals surface area contributed by atoms with Crippen LogP contribution in [-0.4, -0.2) is 39.2 Å². The number of fused-ring (bicyclic) bond motifs is 1. The highest BCUT2D eigenvalue weighted by molar-refractivity contribution is 5.90. The van der Waals surface area contributed by atoms with Gasteiger partial charge in [0.15, 0.2) is 0 Å². The second-order valence-electron chi connectivity index (χ2n) is 4.00. The molecule has 7 heteroatoms. The number of para-hydroxylation sites is 1. The van der Waals surface area contributed by atoms with Gasteiger partial charge < -0.3 is 10.1 Å². The van der Waals surface area contributed by atoms with Crippen molar-refractivity contribution in [2.75, 3.05) is 6.54 Å². The molecule has 1 aromatic heterocycles. The highest BCUT2D eigenvalue weighted by Gasteiger charge is 2.23. The van der Waals surface area contributed by atoms with E-state index in [0.29, 0.717) is 6.54 Å². The number of ether oxygens (including phenoxy) is 1. The second-order valence-corrected chi connectivity index (χ2v) is 4.00. The lowest BCUT2D eigenvalue weighted by atomic mass is 10.1. The summed E-state index contributed by atoms with van der Waals surface area (Å²) in [5.74, 6) is 0.560. The van der Waals surface area contributed by atoms with Gasteiger partial charge in [0.2, 0.25) is 0 Å². The Kier molecular flexibility index (Phi) is 2.64. The van der Waals surface area contributed by atoms with Gasteiger partial charge in [0.25, 0.3) is 11.7 Å². The molecule has 1 aromatic carbocycles. The minimum absolute atomic E-state index is 0.0329. The Labute approximate surface area is 103 Å². The number of benzene rings is 1. The fourth-order valence-corrected chi connectivity index (χ4v) is 1.91. The molecule has 3 rings (SSSR count). The van der Waals surface area contributed by atoms with Crippen LogP contribution < -0.4 is 10.1 Å². The number of hydrogen-bond acceptors (Lipinski definition) is 5. The van der Waals surface area contributed by atoms with E-state index in [1.54, 1.807) is 0 Å². The number of amides is 1. The van der Waals surface area contributed by atoms with Gasteiger partial charge in [-0.3, -0.25) is 4.79 Å². The average molecular weight is 245 g/mol. The van der Waals surface area contributed by atoms with E-state index in [4.69, 9.17) is 4.74 Å². The molecule has 2 heterocycles. The zero-order valence-electron chi connectivity index (χ0n) is 9.46. The second kappa shape index (κ2) is 4.44. The van der Waals surface area contributed by atoms with E-state index in [-0.39, 0.29) is 17.8 Å². The SMILES string of the molecule is O=C(NCC1Cc2ccccc2O1)c1nn[nH]n1. The van der Waals surface area contributed by atoms with Gasteiger partial charge in [0.05, 0.1) is 6.54 Å². The Morgan fingerprint density at radius 3 is 3.17 bits per heavy atom. The first-order chi connectivity index (χ1) is 8.83. The Morgan fingerprint density at radius 2 is 2.39 bits per heavy atom. The van der Waals surface area contributed by atoms with E-state index < -0.39 is 0 Å². The first kappa shape index (κ1) is 10.7. The Morgan fingerprint density at radius 1 is 1.50 bits per heavy atom. The highest BCUT2D eigenvalue weighted by Crippen LogP contribution is 2.27. The van der Waals surface area contributed by atoms with Gasteiger partial charge in [0, 0.05) is 6.42 Å². The molecule has 1 atom stereocenters. The zero-order chi connectivity index (χ0) is 12.4. The number of nitrogens with one attached hydrogen (secondary N) is 2. The lowest BCUT2D eigenvalue weighted by molar-refractivity contribution is 0.0923. The Bertz CT molecular complexity index is 529. The van der Waals surface area contributed by atoms with Crippen molar-refractivity contribution < 1.29 is 9.53 Å². The van der Waals surface area contributed by atoms with Crippen LogP contribution in [0.4, 0.5) is 0 Å². The van der Waals surface area contributed by atoms with Crippen LogP contribution in [0.2, 0.25) is 0 Å². The molecule has 1 unspecified atom stereocenters. The topological polar surface area (TPSA) is 92.8 Å². The number of H-pyrrole nitrogens is 1. The Balaban J connectivity index is 1.56. The highest BCUT2D eigenvalue weighted by atomic mass is 16.5. The monoisotopic (exact) mass is 245 g/mol. The smallest absolute Gasteiger partial charge is 0.293 e. The van der Waals surface area contributed by atoms with Gasteiger partial charge in [-0.1, -0.05) is 18.2 Å². The van der Waals surface area contributed by atoms with Crippen molar-refractivity contribution in [3.63, 3.8) is 0 Å². The molecule has 0 radical (unpaired) electrons. The quantitative estimate of drug-likeness (QED) is 0.789. The fourth-order valence-electron chi connectivity index (χ4n) is 1.91. The van der Waals surface area contributed by atoms with Crippen molar-refractivity contribution >= 4 is 5.91 Å². The summed E-state index contributed by atoms with van der Waals surface area (Å²) >= 11 is 0. The fraction of sp³-hybridized carbons (Fsp3) is 0.273. The molecule has 0 bridgehead atoms. The number of aromatic amines is 1. The van der Waals surface area contributed by atoms with E-state index >= 15 is 0 Å². The van der Waals surface area contributed by atoms with Gasteiger partial charge in [-0.05, 0) is 16.8 Å². The summed E-state index contributed by atoms with van der Waals surface area (Å²) in [6, 6.07) is 7.86. The first-order valence-electron chi connectivity index (χ1n) is 5.59. The van der Waals surface area contributed by atoms with Gasteiger partial charge >= 0.3 is 0 Å². The number of carbonyl (C=O) groups excluding carboxylic acids is 1. The first-order valence-corrected chi connectivity index (χ1v) is 5.59. The van der Waals surface area contributed by atoms with Crippen molar-refractivity contribution in [1.29, 1.82) is 0 Å². The van der Waals surface area contributed by atoms with Crippen LogP contribution in [0.15, 0.2) is 24.3 Å². The van der Waals surface area contributed by atoms with Crippen molar-refractivity contribution in [2.24, 2.45) is 0 Å². The zero-order valence-corrected chi connectivity index (χ0v) is 9.46. The average Bonchev–Trinajstić information content (AvgIpc) is 3.04. The largest absolute Gasteiger partial charge is 0.488 e. The molecule has 1 aliphatic heterocycles. The van der Waals surface area contributed by atoms with Crippen LogP contribution in [0.3, 0.4) is 0 Å². The van der Waals surface area contributed by atoms with Crippen LogP contribution in [-0.2, 0) is 6.42 Å². The van der Waals surface area contributed by atoms with Gasteiger partial charge in [-0.2, -0.15) is 5.21 Å². The lowest BCUT2D eigenvalue weighted by Crippen LogP contribution is -2.35. The molecule has 1 amide bonds. The maximum atomic E-state index is 11.6. The van der Waals surface area contributed by atoms with Crippen LogP contribution in [0.1, 0.15) is 16.2 Å². The summed E-state index contributed by atoms with van der Waals surface area (Å²) in [7, 11) is 0. The van der Waals surface area contributed by atoms with E-state index in [1.165, 1.54) is 0 Å². The van der Waals surface area contributed by atoms with Crippen molar-refractivity contribution in [1.82, 2.24) is 25.9 Å². The molecule has 2 N–H and O–H groups in total. The minimum Gasteiger partial charge on any atom is -0.488 e. The predicted octanol–water partition coefficient (Wildman–Crippen LogP) is -0.0668. The van der Waals surface area contributed by atoms with Gasteiger partial charge in [-0.25, -0.2) is 0 Å². The summed E-state index contributed by atoms with van der Waals surface area (Å²) < 4.78 is 5.70. The van der Waals surface area contributed by atoms with Crippen molar-refractivity contribution in [2.45, 2.75) is 12.5 Å². The molecule has 92 valence electrons. The number of aromatic nitrogens is 4. The summed E-state index contributed by atoms with van der Waals surface area (Å²) in [6.45, 7) is 0.419. The standard InChI is InChI=1S/C11H11N5O2/c17-11(10-13-15-16-14-10)12-6-8-5-7-3-1-2-4-9(7)18-8/h1-4,8H,5-6H2,(H,12,17)(H,13,14,15,16). The van der Waals surface area contributed by atoms with Gasteiger partial charge in [0.1, 0.15) is 11.9 Å². The van der Waals surface area contributed by atoms with E-state index in [2.05, 4.69) is 25.9 Å². The van der Waals surface area contributed by atoms with Crippen LogP contribution in [0.25, 0.3) is 0 Å². The maximum absolute atomic E-state index is 11.6. The normalized spacial score (nSPS) is 17.0. The lowest BCUT2D eigenvalue weighted by Gasteiger charge is -2.10. The molecule has 0 saturated carbocycles. The van der Waals surface area contributed by atoms with Gasteiger partial charge in [-0.15, -0.1) is 10.2 Å². The number of carbonyl (C=O) groups is 1. The summed E-state index contributed by atoms with van der Waals surface area (Å²) in [5, 5.41) is 15.5. The third-order valence-corrected chi connectivity index (χ3v) is 2.75. The van der Waals surface area contributed by atoms with E-state index in [0.717, 1.165) is 17.7 Å². The predicted molar refractivity (Wildman–Crippen MR) is 61.1 cm³/mol. The van der Waals surface area contributed by atoms with E-state index in [1.807, 2.05) is 24.3 Å². The Hall–Kier alpha value is -2.44. The molecule has 0 fully saturated rings. The minimum atomic E-state index is -0.358. The molecule has 0 saturated heterocycles. The number of hydrogen-bond donors (Lipinski definition) is 2. The van der Waals surface area contributed by atoms with Crippen LogP contribution in [0, 0.1) is 0 Å². The molecular weight excluding hydrogens is 234 g/mol. The van der Waals surface area contributed by atoms with E-state index in [9.17, 15) is 4.79 Å². The number of nitrogens with zero attached hydrogens (tertiary/aromatic N) is 3. The maximum Gasteiger partial charge on any atom is 0.293 e. The molecule has 0 spiro atoms. The van der Waals surface area contributed by atoms with Crippen LogP contribution in [0.5, 0.6) is 5.75 Å². The summed E-state index contributed by atoms with van der Waals surface area (Å²) in [5.41, 5.74) is 1.16. The summed E-state index contributed by atoms with van der Waals surface area (Å²) in [4.78, 5) is 11.6. The summed E-state index contributed by atoms with van der Waals surface area (Å²) in [6.07, 6.45) is 0.751. The van der Waals surface area contributed by atoms with Crippen molar-refractivity contribution in [3.8, 4) is 5.75 Å². The molecule has 1 aliphatic rings. The van der Waals surface area contributed by atoms with Crippen LogP contribution >= 0.6 is 0 Å². The third kappa shape index (κ3) is 2.02. The molecule has 7 nitrogen and oxygen atoms in total. The number of tetrazole rings is 1. The third-order valence-electron chi connectivity index (χ3n) is 2.75. The molecule has 18 heavy (non-hydrogen) atoms. The molecule has 0 aliphatic carbocycles.